The van der Waals surface area contributed by atoms with Crippen LogP contribution in [0, 0.1) is 12.7 Å². The highest BCUT2D eigenvalue weighted by Crippen LogP contribution is 2.24. The second-order valence-electron chi connectivity index (χ2n) is 4.28. The molecule has 2 aromatic rings. The molecular formula is C14H16FN3O. The van der Waals surface area contributed by atoms with Crippen LogP contribution in [0.5, 0.6) is 5.88 Å². The Kier molecular flexibility index (Phi) is 3.94. The Labute approximate surface area is 111 Å². The fourth-order valence-electron chi connectivity index (χ4n) is 1.85. The third-order valence-corrected chi connectivity index (χ3v) is 2.93. The lowest BCUT2D eigenvalue weighted by Crippen LogP contribution is -2.10. The average molecular weight is 261 g/mol. The maximum atomic E-state index is 13.2. The minimum Gasteiger partial charge on any atom is -0.481 e. The number of benzene rings is 1. The van der Waals surface area contributed by atoms with Crippen LogP contribution in [-0.4, -0.2) is 17.1 Å². The van der Waals surface area contributed by atoms with Gasteiger partial charge in [-0.25, -0.2) is 14.4 Å². The van der Waals surface area contributed by atoms with E-state index < -0.39 is 0 Å². The molecule has 1 unspecified atom stereocenters. The highest BCUT2D eigenvalue weighted by atomic mass is 19.1. The number of nitrogens with one attached hydrogen (secondary N) is 1. The summed E-state index contributed by atoms with van der Waals surface area (Å²) in [6.45, 7) is 3.82. The number of halogens is 1. The molecule has 0 aliphatic heterocycles. The van der Waals surface area contributed by atoms with Crippen molar-refractivity contribution >= 4 is 5.82 Å². The van der Waals surface area contributed by atoms with Crippen molar-refractivity contribution in [3.8, 4) is 5.88 Å². The summed E-state index contributed by atoms with van der Waals surface area (Å²) in [6, 6.07) is 6.43. The van der Waals surface area contributed by atoms with E-state index in [2.05, 4.69) is 15.3 Å². The molecule has 1 N–H and O–H groups in total. The maximum Gasteiger partial charge on any atom is 0.221 e. The van der Waals surface area contributed by atoms with E-state index in [4.69, 9.17) is 4.74 Å². The van der Waals surface area contributed by atoms with E-state index in [0.29, 0.717) is 11.7 Å². The Morgan fingerprint density at radius 2 is 2.11 bits per heavy atom. The average Bonchev–Trinajstić information content (AvgIpc) is 2.41. The zero-order chi connectivity index (χ0) is 13.8. The number of rotatable bonds is 4. The first-order valence-corrected chi connectivity index (χ1v) is 5.99. The predicted molar refractivity (Wildman–Crippen MR) is 71.8 cm³/mol. The van der Waals surface area contributed by atoms with Gasteiger partial charge in [-0.1, -0.05) is 12.1 Å². The van der Waals surface area contributed by atoms with E-state index in [0.717, 1.165) is 11.1 Å². The molecule has 0 saturated heterocycles. The van der Waals surface area contributed by atoms with E-state index in [1.54, 1.807) is 13.2 Å². The molecule has 4 nitrogen and oxygen atoms in total. The standard InChI is InChI=1S/C14H16FN3O/c1-9-13(16-8-17-14(9)19-3)18-10(2)11-5-4-6-12(15)7-11/h4-8,10H,1-3H3,(H,16,17,18). The minimum atomic E-state index is -0.247. The molecule has 2 rings (SSSR count). The third kappa shape index (κ3) is 2.99. The fraction of sp³-hybridized carbons (Fsp3) is 0.286. The minimum absolute atomic E-state index is 0.0611. The topological polar surface area (TPSA) is 47.0 Å². The number of ether oxygens (including phenoxy) is 1. The summed E-state index contributed by atoms with van der Waals surface area (Å²) in [7, 11) is 1.56. The molecular weight excluding hydrogens is 245 g/mol. The van der Waals surface area contributed by atoms with Crippen molar-refractivity contribution < 1.29 is 9.13 Å². The Morgan fingerprint density at radius 3 is 2.79 bits per heavy atom. The van der Waals surface area contributed by atoms with Crippen LogP contribution in [0.1, 0.15) is 24.1 Å². The third-order valence-electron chi connectivity index (χ3n) is 2.93. The number of anilines is 1. The van der Waals surface area contributed by atoms with Gasteiger partial charge in [-0.15, -0.1) is 0 Å². The summed E-state index contributed by atoms with van der Waals surface area (Å²) >= 11 is 0. The van der Waals surface area contributed by atoms with E-state index >= 15 is 0 Å². The molecule has 0 saturated carbocycles. The zero-order valence-corrected chi connectivity index (χ0v) is 11.1. The van der Waals surface area contributed by atoms with Crippen molar-refractivity contribution in [3.05, 3.63) is 47.5 Å². The summed E-state index contributed by atoms with van der Waals surface area (Å²) in [5.74, 6) is 0.968. The van der Waals surface area contributed by atoms with E-state index in [9.17, 15) is 4.39 Å². The normalized spacial score (nSPS) is 12.0. The number of methoxy groups -OCH3 is 1. The van der Waals surface area contributed by atoms with Gasteiger partial charge in [0.15, 0.2) is 0 Å². The zero-order valence-electron chi connectivity index (χ0n) is 11.1. The number of hydrogen-bond donors (Lipinski definition) is 1. The van der Waals surface area contributed by atoms with Gasteiger partial charge in [-0.3, -0.25) is 0 Å². The van der Waals surface area contributed by atoms with Crippen molar-refractivity contribution in [2.45, 2.75) is 19.9 Å². The van der Waals surface area contributed by atoms with Crippen LogP contribution in [0.15, 0.2) is 30.6 Å². The van der Waals surface area contributed by atoms with Crippen molar-refractivity contribution in [1.29, 1.82) is 0 Å². The molecule has 1 atom stereocenters. The lowest BCUT2D eigenvalue weighted by Gasteiger charge is -2.17. The van der Waals surface area contributed by atoms with Crippen LogP contribution in [0.3, 0.4) is 0 Å². The molecule has 5 heteroatoms. The summed E-state index contributed by atoms with van der Waals surface area (Å²) in [5, 5.41) is 3.23. The molecule has 0 bridgehead atoms. The number of hydrogen-bond acceptors (Lipinski definition) is 4. The molecule has 19 heavy (non-hydrogen) atoms. The van der Waals surface area contributed by atoms with Crippen LogP contribution >= 0.6 is 0 Å². The summed E-state index contributed by atoms with van der Waals surface area (Å²) < 4.78 is 18.3. The molecule has 1 heterocycles. The Morgan fingerprint density at radius 1 is 1.32 bits per heavy atom. The molecule has 0 aliphatic carbocycles. The van der Waals surface area contributed by atoms with Crippen molar-refractivity contribution in [1.82, 2.24) is 9.97 Å². The second kappa shape index (κ2) is 5.65. The van der Waals surface area contributed by atoms with Gasteiger partial charge in [0, 0.05) is 0 Å². The largest absolute Gasteiger partial charge is 0.481 e. The smallest absolute Gasteiger partial charge is 0.221 e. The van der Waals surface area contributed by atoms with Crippen LogP contribution in [0.4, 0.5) is 10.2 Å². The van der Waals surface area contributed by atoms with Crippen LogP contribution < -0.4 is 10.1 Å². The highest BCUT2D eigenvalue weighted by molar-refractivity contribution is 5.49. The first-order chi connectivity index (χ1) is 9.11. The maximum absolute atomic E-state index is 13.2. The van der Waals surface area contributed by atoms with Gasteiger partial charge < -0.3 is 10.1 Å². The van der Waals surface area contributed by atoms with Gasteiger partial charge in [-0.05, 0) is 31.5 Å². The van der Waals surface area contributed by atoms with Crippen LogP contribution in [-0.2, 0) is 0 Å². The van der Waals surface area contributed by atoms with E-state index in [-0.39, 0.29) is 11.9 Å². The lowest BCUT2D eigenvalue weighted by atomic mass is 10.1. The summed E-state index contributed by atoms with van der Waals surface area (Å²) in [5.41, 5.74) is 1.69. The predicted octanol–water partition coefficient (Wildman–Crippen LogP) is 3.11. The van der Waals surface area contributed by atoms with E-state index in [1.807, 2.05) is 19.9 Å². The van der Waals surface area contributed by atoms with Gasteiger partial charge in [-0.2, -0.15) is 0 Å². The molecule has 0 radical (unpaired) electrons. The molecule has 0 spiro atoms. The molecule has 1 aromatic carbocycles. The van der Waals surface area contributed by atoms with Gasteiger partial charge in [0.2, 0.25) is 5.88 Å². The Hall–Kier alpha value is -2.17. The highest BCUT2D eigenvalue weighted by Gasteiger charge is 2.11. The van der Waals surface area contributed by atoms with Crippen molar-refractivity contribution in [3.63, 3.8) is 0 Å². The molecule has 100 valence electrons. The number of aromatic nitrogens is 2. The summed E-state index contributed by atoms with van der Waals surface area (Å²) in [4.78, 5) is 8.20. The Bertz CT molecular complexity index is 574. The van der Waals surface area contributed by atoms with Gasteiger partial charge in [0.05, 0.1) is 18.7 Å². The SMILES string of the molecule is COc1ncnc(NC(C)c2cccc(F)c2)c1C. The van der Waals surface area contributed by atoms with Crippen molar-refractivity contribution in [2.75, 3.05) is 12.4 Å². The van der Waals surface area contributed by atoms with Crippen LogP contribution in [0.2, 0.25) is 0 Å². The van der Waals surface area contributed by atoms with Gasteiger partial charge in [0.1, 0.15) is 18.0 Å². The van der Waals surface area contributed by atoms with Gasteiger partial charge >= 0.3 is 0 Å². The Balaban J connectivity index is 2.21. The lowest BCUT2D eigenvalue weighted by molar-refractivity contribution is 0.393. The molecule has 0 amide bonds. The monoisotopic (exact) mass is 261 g/mol. The van der Waals surface area contributed by atoms with E-state index in [1.165, 1.54) is 18.5 Å². The van der Waals surface area contributed by atoms with Crippen LogP contribution in [0.25, 0.3) is 0 Å². The quantitative estimate of drug-likeness (QED) is 0.918. The first kappa shape index (κ1) is 13.3. The first-order valence-electron chi connectivity index (χ1n) is 5.99. The molecule has 0 aliphatic rings. The van der Waals surface area contributed by atoms with Crippen molar-refractivity contribution in [2.24, 2.45) is 0 Å². The fourth-order valence-corrected chi connectivity index (χ4v) is 1.85. The number of nitrogens with zero attached hydrogens (tertiary/aromatic N) is 2. The van der Waals surface area contributed by atoms with Gasteiger partial charge in [0.25, 0.3) is 0 Å². The summed E-state index contributed by atoms with van der Waals surface area (Å²) in [6.07, 6.45) is 1.44. The molecule has 1 aromatic heterocycles. The second-order valence-corrected chi connectivity index (χ2v) is 4.28. The molecule has 0 fully saturated rings.